The van der Waals surface area contributed by atoms with Crippen molar-refractivity contribution in [3.8, 4) is 0 Å². The fraction of sp³-hybridized carbons (Fsp3) is 0.611. The molecule has 5 heteroatoms. The molecule has 1 aliphatic heterocycles. The van der Waals surface area contributed by atoms with Crippen LogP contribution in [0.15, 0.2) is 33.7 Å². The predicted octanol–water partition coefficient (Wildman–Crippen LogP) is 5.51. The number of hydrogen-bond donors (Lipinski definition) is 0. The number of unbranched alkanes of at least 4 members (excludes halogenated alkanes) is 1. The lowest BCUT2D eigenvalue weighted by Gasteiger charge is -2.33. The maximum atomic E-state index is 12.5. The molecular weight excluding hydrogens is 358 g/mol. The molecule has 130 valence electrons. The Morgan fingerprint density at radius 1 is 1.43 bits per heavy atom. The van der Waals surface area contributed by atoms with Gasteiger partial charge in [0, 0.05) is 4.48 Å². The van der Waals surface area contributed by atoms with Gasteiger partial charge < -0.3 is 9.47 Å². The second kappa shape index (κ2) is 8.57. The van der Waals surface area contributed by atoms with Crippen molar-refractivity contribution in [2.75, 3.05) is 13.2 Å². The van der Waals surface area contributed by atoms with Crippen molar-refractivity contribution in [1.29, 1.82) is 0 Å². The SMILES string of the molecule is CCC/C=C/C(Br)=C(/C)C1=C(C)OCCN1C(=O)OC(C)(C)C. The van der Waals surface area contributed by atoms with Crippen LogP contribution >= 0.6 is 15.9 Å². The topological polar surface area (TPSA) is 38.8 Å². The van der Waals surface area contributed by atoms with E-state index in [1.807, 2.05) is 40.7 Å². The highest BCUT2D eigenvalue weighted by Gasteiger charge is 2.30. The van der Waals surface area contributed by atoms with Gasteiger partial charge in [0.25, 0.3) is 0 Å². The van der Waals surface area contributed by atoms with Crippen molar-refractivity contribution in [3.63, 3.8) is 0 Å². The zero-order valence-electron chi connectivity index (χ0n) is 15.0. The monoisotopic (exact) mass is 385 g/mol. The lowest BCUT2D eigenvalue weighted by molar-refractivity contribution is 0.0215. The lowest BCUT2D eigenvalue weighted by atomic mass is 10.1. The van der Waals surface area contributed by atoms with Crippen LogP contribution in [0.3, 0.4) is 0 Å². The van der Waals surface area contributed by atoms with E-state index in [1.54, 1.807) is 4.90 Å². The van der Waals surface area contributed by atoms with Crippen LogP contribution in [-0.4, -0.2) is 29.7 Å². The van der Waals surface area contributed by atoms with Crippen LogP contribution in [0.25, 0.3) is 0 Å². The molecule has 1 heterocycles. The Balaban J connectivity index is 3.11. The van der Waals surface area contributed by atoms with Crippen molar-refractivity contribution in [3.05, 3.63) is 33.7 Å². The Morgan fingerprint density at radius 2 is 2.09 bits per heavy atom. The molecule has 0 unspecified atom stereocenters. The van der Waals surface area contributed by atoms with Gasteiger partial charge in [-0.05, 0) is 46.6 Å². The highest BCUT2D eigenvalue weighted by atomic mass is 79.9. The molecule has 0 radical (unpaired) electrons. The molecule has 0 N–H and O–H groups in total. The van der Waals surface area contributed by atoms with Gasteiger partial charge >= 0.3 is 6.09 Å². The second-order valence-corrected chi connectivity index (χ2v) is 7.40. The van der Waals surface area contributed by atoms with Crippen molar-refractivity contribution in [2.45, 2.75) is 60.0 Å². The van der Waals surface area contributed by atoms with E-state index in [1.165, 1.54) is 0 Å². The lowest BCUT2D eigenvalue weighted by Crippen LogP contribution is -2.41. The quantitative estimate of drug-likeness (QED) is 0.598. The summed E-state index contributed by atoms with van der Waals surface area (Å²) in [5.74, 6) is 0.737. The van der Waals surface area contributed by atoms with Gasteiger partial charge in [-0.2, -0.15) is 0 Å². The first-order valence-corrected chi connectivity index (χ1v) is 8.84. The van der Waals surface area contributed by atoms with Gasteiger partial charge in [-0.3, -0.25) is 4.90 Å². The van der Waals surface area contributed by atoms with Gasteiger partial charge in [0.05, 0.1) is 12.2 Å². The minimum atomic E-state index is -0.524. The van der Waals surface area contributed by atoms with Crippen LogP contribution in [-0.2, 0) is 9.47 Å². The van der Waals surface area contributed by atoms with Crippen LogP contribution in [0.2, 0.25) is 0 Å². The number of hydrogen-bond acceptors (Lipinski definition) is 3. The molecule has 0 saturated heterocycles. The molecule has 0 aromatic rings. The number of nitrogens with zero attached hydrogens (tertiary/aromatic N) is 1. The van der Waals surface area contributed by atoms with Gasteiger partial charge in [0.15, 0.2) is 0 Å². The van der Waals surface area contributed by atoms with E-state index in [-0.39, 0.29) is 6.09 Å². The molecule has 4 nitrogen and oxygen atoms in total. The fourth-order valence-electron chi connectivity index (χ4n) is 2.22. The average Bonchev–Trinajstić information content (AvgIpc) is 2.44. The number of allylic oxidation sites excluding steroid dienone is 5. The van der Waals surface area contributed by atoms with E-state index in [0.717, 1.165) is 34.4 Å². The van der Waals surface area contributed by atoms with Crippen molar-refractivity contribution in [2.24, 2.45) is 0 Å². The number of carbonyl (C=O) groups excluding carboxylic acids is 1. The van der Waals surface area contributed by atoms with Crippen molar-refractivity contribution in [1.82, 2.24) is 4.90 Å². The summed E-state index contributed by atoms with van der Waals surface area (Å²) in [6, 6.07) is 0. The average molecular weight is 386 g/mol. The molecule has 23 heavy (non-hydrogen) atoms. The van der Waals surface area contributed by atoms with Crippen LogP contribution in [0, 0.1) is 0 Å². The number of ether oxygens (including phenoxy) is 2. The molecule has 0 aromatic carbocycles. The molecular formula is C18H28BrNO3. The Hall–Kier alpha value is -1.23. The van der Waals surface area contributed by atoms with Gasteiger partial charge in [-0.25, -0.2) is 4.79 Å². The van der Waals surface area contributed by atoms with Gasteiger partial charge in [0.1, 0.15) is 18.0 Å². The van der Waals surface area contributed by atoms with Gasteiger partial charge in [0.2, 0.25) is 0 Å². The predicted molar refractivity (Wildman–Crippen MR) is 97.3 cm³/mol. The smallest absolute Gasteiger partial charge is 0.415 e. The number of carbonyl (C=O) groups is 1. The van der Waals surface area contributed by atoms with E-state index in [4.69, 9.17) is 9.47 Å². The van der Waals surface area contributed by atoms with Crippen LogP contribution < -0.4 is 0 Å². The maximum absolute atomic E-state index is 12.5. The fourth-order valence-corrected chi connectivity index (χ4v) is 2.59. The summed E-state index contributed by atoms with van der Waals surface area (Å²) in [5.41, 5.74) is 1.21. The third-order valence-corrected chi connectivity index (χ3v) is 4.14. The number of amides is 1. The molecule has 1 aliphatic rings. The Morgan fingerprint density at radius 3 is 2.65 bits per heavy atom. The summed E-state index contributed by atoms with van der Waals surface area (Å²) in [6.45, 7) is 12.6. The molecule has 1 rings (SSSR count). The second-order valence-electron chi connectivity index (χ2n) is 6.55. The summed E-state index contributed by atoms with van der Waals surface area (Å²) >= 11 is 3.60. The van der Waals surface area contributed by atoms with Crippen molar-refractivity contribution < 1.29 is 14.3 Å². The van der Waals surface area contributed by atoms with Crippen LogP contribution in [0.1, 0.15) is 54.4 Å². The third-order valence-electron chi connectivity index (χ3n) is 3.28. The summed E-state index contributed by atoms with van der Waals surface area (Å²) in [5, 5.41) is 0. The Kier molecular flexibility index (Phi) is 7.39. The van der Waals surface area contributed by atoms with E-state index in [2.05, 4.69) is 28.9 Å². The first-order valence-electron chi connectivity index (χ1n) is 8.04. The van der Waals surface area contributed by atoms with Crippen LogP contribution in [0.5, 0.6) is 0 Å². The first-order chi connectivity index (χ1) is 10.7. The first kappa shape index (κ1) is 19.8. The van der Waals surface area contributed by atoms with E-state index < -0.39 is 5.60 Å². The molecule has 0 spiro atoms. The standard InChI is InChI=1S/C18H28BrNO3/c1-7-8-9-10-15(19)13(2)16-14(3)22-12-11-20(16)17(21)23-18(4,5)6/h9-10H,7-8,11-12H2,1-6H3/b10-9+,15-13+. The van der Waals surface area contributed by atoms with Gasteiger partial charge in [-0.15, -0.1) is 0 Å². The molecule has 1 amide bonds. The summed E-state index contributed by atoms with van der Waals surface area (Å²) < 4.78 is 12.1. The van der Waals surface area contributed by atoms with Gasteiger partial charge in [-0.1, -0.05) is 41.4 Å². The van der Waals surface area contributed by atoms with Crippen LogP contribution in [0.4, 0.5) is 4.79 Å². The Bertz CT molecular complexity index is 527. The largest absolute Gasteiger partial charge is 0.494 e. The van der Waals surface area contributed by atoms with E-state index in [0.29, 0.717) is 13.2 Å². The molecule has 0 aromatic heterocycles. The minimum absolute atomic E-state index is 0.340. The normalized spacial score (nSPS) is 17.3. The Labute approximate surface area is 148 Å². The minimum Gasteiger partial charge on any atom is -0.494 e. The highest BCUT2D eigenvalue weighted by Crippen LogP contribution is 2.30. The zero-order valence-corrected chi connectivity index (χ0v) is 16.6. The van der Waals surface area contributed by atoms with E-state index >= 15 is 0 Å². The molecule has 0 atom stereocenters. The summed E-state index contributed by atoms with van der Waals surface area (Å²) in [4.78, 5) is 14.2. The summed E-state index contributed by atoms with van der Waals surface area (Å²) in [6.07, 6.45) is 5.93. The maximum Gasteiger partial charge on any atom is 0.415 e. The molecule has 0 bridgehead atoms. The zero-order chi connectivity index (χ0) is 17.6. The summed E-state index contributed by atoms with van der Waals surface area (Å²) in [7, 11) is 0. The van der Waals surface area contributed by atoms with E-state index in [9.17, 15) is 4.79 Å². The number of halogens is 1. The van der Waals surface area contributed by atoms with Crippen molar-refractivity contribution >= 4 is 22.0 Å². The third kappa shape index (κ3) is 6.05. The molecule has 0 saturated carbocycles. The molecule has 0 aliphatic carbocycles. The molecule has 0 fully saturated rings. The highest BCUT2D eigenvalue weighted by molar-refractivity contribution is 9.11. The number of rotatable bonds is 4.